The molecule has 3 rings (SSSR count). The number of hydrogen-bond acceptors (Lipinski definition) is 7. The largest absolute Gasteiger partial charge is 0.444 e. The Kier molecular flexibility index (Phi) is 6.45. The molecule has 0 radical (unpaired) electrons. The van der Waals surface area contributed by atoms with Crippen molar-refractivity contribution >= 4 is 28.4 Å². The minimum Gasteiger partial charge on any atom is -0.444 e. The van der Waals surface area contributed by atoms with E-state index in [1.54, 1.807) is 27.7 Å². The van der Waals surface area contributed by atoms with E-state index in [1.807, 2.05) is 7.05 Å². The summed E-state index contributed by atoms with van der Waals surface area (Å²) in [6.45, 7) is 8.06. The van der Waals surface area contributed by atoms with Gasteiger partial charge >= 0.3 is 6.09 Å². The van der Waals surface area contributed by atoms with Gasteiger partial charge in [-0.15, -0.1) is 0 Å². The van der Waals surface area contributed by atoms with Gasteiger partial charge in [-0.1, -0.05) is 0 Å². The van der Waals surface area contributed by atoms with Crippen molar-refractivity contribution in [3.8, 4) is 0 Å². The first-order valence-electron chi connectivity index (χ1n) is 10.4. The zero-order valence-corrected chi connectivity index (χ0v) is 19.8. The number of hydrogen-bond donors (Lipinski definition) is 1. The zero-order chi connectivity index (χ0) is 23.9. The van der Waals surface area contributed by atoms with E-state index in [4.69, 9.17) is 9.73 Å². The molecular formula is C21H29FN4O5S. The van der Waals surface area contributed by atoms with Gasteiger partial charge in [0.05, 0.1) is 16.2 Å². The van der Waals surface area contributed by atoms with Gasteiger partial charge in [-0.3, -0.25) is 24.6 Å². The molecule has 176 valence electrons. The highest BCUT2D eigenvalue weighted by atomic mass is 32.2. The molecule has 1 N–H and O–H groups in total. The van der Waals surface area contributed by atoms with Crippen LogP contribution in [-0.2, 0) is 21.1 Å². The topological polar surface area (TPSA) is 114 Å². The Morgan fingerprint density at radius 1 is 1.34 bits per heavy atom. The van der Waals surface area contributed by atoms with Gasteiger partial charge in [-0.2, -0.15) is 0 Å². The van der Waals surface area contributed by atoms with Crippen LogP contribution >= 0.6 is 0 Å². The average Bonchev–Trinajstić information content (AvgIpc) is 2.66. The van der Waals surface area contributed by atoms with Crippen LogP contribution in [0.3, 0.4) is 0 Å². The number of aliphatic imine (C=N–C) groups is 1. The molecule has 1 aromatic carbocycles. The number of rotatable bonds is 2. The van der Waals surface area contributed by atoms with E-state index >= 15 is 0 Å². The molecule has 9 nitrogen and oxygen atoms in total. The lowest BCUT2D eigenvalue weighted by molar-refractivity contribution is -0.385. The van der Waals surface area contributed by atoms with Crippen LogP contribution in [0.15, 0.2) is 23.2 Å². The van der Waals surface area contributed by atoms with E-state index in [1.165, 1.54) is 0 Å². The second-order valence-electron chi connectivity index (χ2n) is 9.57. The first-order chi connectivity index (χ1) is 14.8. The number of carbonyl (C=O) groups excluding carboxylic acids is 1. The Hall–Kier alpha value is -2.40. The lowest BCUT2D eigenvalue weighted by Gasteiger charge is -2.46. The summed E-state index contributed by atoms with van der Waals surface area (Å²) >= 11 is 0. The standard InChI is InChI=1S/C21H29FN4O5S/c1-19(2,3)31-18(27)23-17-21(8-10-25(5)11-9-21)32(30)13-20(4,24-17)15-12-14(26(28)29)6-7-16(15)22/h6-7,12H,8-11,13H2,1-5H3,(H,23,24,27)/t20-,32?/m0/s1. The number of nitro groups is 1. The summed E-state index contributed by atoms with van der Waals surface area (Å²) in [4.78, 5) is 30.0. The smallest absolute Gasteiger partial charge is 0.413 e. The Morgan fingerprint density at radius 3 is 2.53 bits per heavy atom. The molecule has 2 aliphatic heterocycles. The summed E-state index contributed by atoms with van der Waals surface area (Å²) in [5.41, 5.74) is -2.44. The molecule has 11 heteroatoms. The summed E-state index contributed by atoms with van der Waals surface area (Å²) in [6.07, 6.45) is 0.256. The van der Waals surface area contributed by atoms with Gasteiger partial charge in [0.25, 0.3) is 5.69 Å². The van der Waals surface area contributed by atoms with E-state index in [0.29, 0.717) is 25.9 Å². The molecule has 1 unspecified atom stereocenters. The van der Waals surface area contributed by atoms with Crippen molar-refractivity contribution < 1.29 is 23.1 Å². The number of benzene rings is 1. The number of halogens is 1. The highest BCUT2D eigenvalue weighted by molar-refractivity contribution is 7.87. The van der Waals surface area contributed by atoms with Gasteiger partial charge in [0.2, 0.25) is 0 Å². The molecule has 1 fully saturated rings. The lowest BCUT2D eigenvalue weighted by atomic mass is 9.90. The summed E-state index contributed by atoms with van der Waals surface area (Å²) in [5, 5.41) is 13.9. The Morgan fingerprint density at radius 2 is 1.97 bits per heavy atom. The van der Waals surface area contributed by atoms with E-state index in [-0.39, 0.29) is 22.8 Å². The molecule has 2 heterocycles. The Balaban J connectivity index is 2.10. The quantitative estimate of drug-likeness (QED) is 0.527. The van der Waals surface area contributed by atoms with Crippen molar-refractivity contribution in [3.63, 3.8) is 0 Å². The average molecular weight is 469 g/mol. The van der Waals surface area contributed by atoms with Crippen LogP contribution in [0.1, 0.15) is 46.1 Å². The number of likely N-dealkylation sites (tertiary alicyclic amines) is 1. The second-order valence-corrected chi connectivity index (χ2v) is 11.3. The van der Waals surface area contributed by atoms with Gasteiger partial charge in [0.1, 0.15) is 22.0 Å². The first-order valence-corrected chi connectivity index (χ1v) is 11.7. The predicted molar refractivity (Wildman–Crippen MR) is 120 cm³/mol. The van der Waals surface area contributed by atoms with Crippen molar-refractivity contribution in [2.24, 2.45) is 4.99 Å². The fraction of sp³-hybridized carbons (Fsp3) is 0.619. The summed E-state index contributed by atoms with van der Waals surface area (Å²) in [5.74, 6) is -0.526. The molecular weight excluding hydrogens is 439 g/mol. The summed E-state index contributed by atoms with van der Waals surface area (Å²) < 4.78 is 32.9. The van der Waals surface area contributed by atoms with Crippen molar-refractivity contribution in [1.82, 2.24) is 10.2 Å². The van der Waals surface area contributed by atoms with Crippen molar-refractivity contribution in [1.29, 1.82) is 0 Å². The fourth-order valence-corrected chi connectivity index (χ4v) is 6.00. The number of nitro benzene ring substituents is 1. The molecule has 0 aromatic heterocycles. The zero-order valence-electron chi connectivity index (χ0n) is 18.9. The van der Waals surface area contributed by atoms with E-state index in [9.17, 15) is 23.5 Å². The highest BCUT2D eigenvalue weighted by Crippen LogP contribution is 2.41. The normalized spacial score (nSPS) is 25.8. The minimum absolute atomic E-state index is 0.0195. The van der Waals surface area contributed by atoms with Crippen molar-refractivity contribution in [2.75, 3.05) is 25.9 Å². The number of nitrogens with zero attached hydrogens (tertiary/aromatic N) is 3. The van der Waals surface area contributed by atoms with Crippen LogP contribution in [0.4, 0.5) is 14.9 Å². The van der Waals surface area contributed by atoms with Gasteiger partial charge < -0.3 is 9.64 Å². The molecule has 0 saturated carbocycles. The number of piperidine rings is 1. The molecule has 1 saturated heterocycles. The first kappa shape index (κ1) is 24.2. The van der Waals surface area contributed by atoms with Crippen LogP contribution in [0.25, 0.3) is 0 Å². The number of carbonyl (C=O) groups is 1. The predicted octanol–water partition coefficient (Wildman–Crippen LogP) is 3.10. The van der Waals surface area contributed by atoms with E-state index in [2.05, 4.69) is 10.2 Å². The number of non-ortho nitro benzene ring substituents is 1. The van der Waals surface area contributed by atoms with E-state index in [0.717, 1.165) is 18.2 Å². The lowest BCUT2D eigenvalue weighted by Crippen LogP contribution is -2.62. The van der Waals surface area contributed by atoms with Crippen molar-refractivity contribution in [2.45, 2.75) is 56.4 Å². The molecule has 0 bridgehead atoms. The van der Waals surface area contributed by atoms with E-state index < -0.39 is 43.5 Å². The molecule has 1 aromatic rings. The molecule has 1 spiro atoms. The second kappa shape index (κ2) is 8.51. The van der Waals surface area contributed by atoms with Crippen molar-refractivity contribution in [3.05, 3.63) is 39.7 Å². The number of amides is 1. The van der Waals surface area contributed by atoms with Crippen LogP contribution < -0.4 is 5.32 Å². The van der Waals surface area contributed by atoms with Gasteiger partial charge in [0.15, 0.2) is 0 Å². The monoisotopic (exact) mass is 468 g/mol. The van der Waals surface area contributed by atoms with Crippen LogP contribution in [0, 0.1) is 15.9 Å². The maximum atomic E-state index is 14.8. The van der Waals surface area contributed by atoms with Crippen LogP contribution in [-0.4, -0.2) is 62.2 Å². The maximum absolute atomic E-state index is 14.8. The summed E-state index contributed by atoms with van der Waals surface area (Å²) in [7, 11) is 0.428. The third-order valence-corrected chi connectivity index (χ3v) is 8.09. The van der Waals surface area contributed by atoms with Crippen LogP contribution in [0.5, 0.6) is 0 Å². The molecule has 0 aliphatic carbocycles. The Labute approximate surface area is 189 Å². The number of amidine groups is 1. The summed E-state index contributed by atoms with van der Waals surface area (Å²) in [6, 6.07) is 3.20. The number of alkyl carbamates (subject to hydrolysis) is 1. The maximum Gasteiger partial charge on any atom is 0.413 e. The van der Waals surface area contributed by atoms with Gasteiger partial charge in [-0.05, 0) is 66.7 Å². The highest BCUT2D eigenvalue weighted by Gasteiger charge is 2.52. The number of nitrogens with one attached hydrogen (secondary N) is 1. The third-order valence-electron chi connectivity index (χ3n) is 5.79. The molecule has 2 atom stereocenters. The van der Waals surface area contributed by atoms with Gasteiger partial charge in [-0.25, -0.2) is 9.18 Å². The SMILES string of the molecule is CN1CCC2(CC1)C(NC(=O)OC(C)(C)C)=N[C@](C)(c1cc([N+](=O)[O-])ccc1F)CS2=O. The molecule has 32 heavy (non-hydrogen) atoms. The molecule has 1 amide bonds. The third kappa shape index (κ3) is 4.83. The fourth-order valence-electron chi connectivity index (χ4n) is 4.05. The number of ether oxygens (including phenoxy) is 1. The van der Waals surface area contributed by atoms with Gasteiger partial charge in [0, 0.05) is 28.5 Å². The van der Waals surface area contributed by atoms with Crippen LogP contribution in [0.2, 0.25) is 0 Å². The Bertz CT molecular complexity index is 985. The molecule has 2 aliphatic rings. The minimum atomic E-state index is -1.53.